The van der Waals surface area contributed by atoms with E-state index < -0.39 is 18.4 Å². The maximum atomic E-state index is 12.5. The van der Waals surface area contributed by atoms with Gasteiger partial charge in [0.1, 0.15) is 11.4 Å². The number of rotatable bonds is 7. The molecule has 0 aliphatic rings. The van der Waals surface area contributed by atoms with Crippen molar-refractivity contribution >= 4 is 33.4 Å². The Morgan fingerprint density at radius 2 is 2.13 bits per heavy atom. The van der Waals surface area contributed by atoms with Gasteiger partial charge in [0.05, 0.1) is 16.6 Å². The van der Waals surface area contributed by atoms with Gasteiger partial charge >= 0.3 is 5.97 Å². The minimum Gasteiger partial charge on any atom is -0.480 e. The Kier molecular flexibility index (Phi) is 5.49. The summed E-state index contributed by atoms with van der Waals surface area (Å²) in [7, 11) is 0. The molecule has 0 unspecified atom stereocenters. The van der Waals surface area contributed by atoms with E-state index in [0.717, 1.165) is 30.6 Å². The molecule has 0 saturated carbocycles. The first-order valence-electron chi connectivity index (χ1n) is 7.44. The molecule has 2 heterocycles. The van der Waals surface area contributed by atoms with Crippen LogP contribution in [-0.4, -0.2) is 33.1 Å². The minimum absolute atomic E-state index is 0.155. The Labute approximate surface area is 137 Å². The first-order chi connectivity index (χ1) is 11.0. The lowest BCUT2D eigenvalue weighted by Gasteiger charge is -2.04. The van der Waals surface area contributed by atoms with Crippen molar-refractivity contribution in [2.45, 2.75) is 39.7 Å². The van der Waals surface area contributed by atoms with Crippen LogP contribution in [0.3, 0.4) is 0 Å². The van der Waals surface area contributed by atoms with Gasteiger partial charge in [0.2, 0.25) is 0 Å². The van der Waals surface area contributed by atoms with Crippen LogP contribution in [0, 0.1) is 6.92 Å². The van der Waals surface area contributed by atoms with Crippen LogP contribution in [-0.2, 0) is 11.3 Å². The van der Waals surface area contributed by atoms with E-state index >= 15 is 0 Å². The maximum absolute atomic E-state index is 12.5. The van der Waals surface area contributed by atoms with E-state index in [2.05, 4.69) is 17.2 Å². The van der Waals surface area contributed by atoms with Gasteiger partial charge in [-0.05, 0) is 18.9 Å². The number of carboxylic acids is 1. The number of carbonyl (C=O) groups excluding carboxylic acids is 1. The van der Waals surface area contributed by atoms with Gasteiger partial charge in [-0.2, -0.15) is 0 Å². The summed E-state index contributed by atoms with van der Waals surface area (Å²) in [5.41, 5.74) is 0.396. The Balaban J connectivity index is 2.34. The van der Waals surface area contributed by atoms with Crippen LogP contribution < -0.4 is 10.9 Å². The zero-order valence-electron chi connectivity index (χ0n) is 13.1. The molecule has 0 radical (unpaired) electrons. The van der Waals surface area contributed by atoms with Crippen molar-refractivity contribution in [3.8, 4) is 0 Å². The molecule has 2 rings (SSSR count). The zero-order valence-corrected chi connectivity index (χ0v) is 13.9. The van der Waals surface area contributed by atoms with Crippen LogP contribution in [0.15, 0.2) is 11.1 Å². The van der Waals surface area contributed by atoms with Crippen molar-refractivity contribution in [1.82, 2.24) is 14.9 Å². The highest BCUT2D eigenvalue weighted by atomic mass is 32.1. The normalized spacial score (nSPS) is 10.9. The molecule has 7 nitrogen and oxygen atoms in total. The van der Waals surface area contributed by atoms with Crippen molar-refractivity contribution < 1.29 is 14.7 Å². The van der Waals surface area contributed by atoms with Gasteiger partial charge in [-0.25, -0.2) is 4.98 Å². The molecule has 0 spiro atoms. The summed E-state index contributed by atoms with van der Waals surface area (Å²) in [5.74, 6) is -1.61. The molecule has 124 valence electrons. The molecule has 0 aliphatic heterocycles. The second-order valence-corrected chi connectivity index (χ2v) is 6.26. The zero-order chi connectivity index (χ0) is 17.0. The molecule has 2 N–H and O–H groups in total. The van der Waals surface area contributed by atoms with Crippen molar-refractivity contribution in [3.63, 3.8) is 0 Å². The summed E-state index contributed by atoms with van der Waals surface area (Å²) >= 11 is 1.11. The van der Waals surface area contributed by atoms with Crippen LogP contribution in [0.1, 0.15) is 41.4 Å². The largest absolute Gasteiger partial charge is 0.480 e. The second-order valence-electron chi connectivity index (χ2n) is 5.26. The first-order valence-corrected chi connectivity index (χ1v) is 8.25. The SMILES string of the molecule is CCCCCn1cnc2sc(C(=O)NCC(=O)O)c(C)c2c1=O. The summed E-state index contributed by atoms with van der Waals surface area (Å²) < 4.78 is 1.57. The van der Waals surface area contributed by atoms with Gasteiger partial charge in [0.15, 0.2) is 0 Å². The van der Waals surface area contributed by atoms with Crippen LogP contribution in [0.5, 0.6) is 0 Å². The molecule has 1 amide bonds. The standard InChI is InChI=1S/C15H19N3O4S/c1-3-4-5-6-18-8-17-14-11(15(18)22)9(2)12(23-14)13(21)16-7-10(19)20/h8H,3-7H2,1-2H3,(H,16,21)(H,19,20). The molecule has 23 heavy (non-hydrogen) atoms. The minimum atomic E-state index is -1.12. The number of unbranched alkanes of at least 4 members (excludes halogenated alkanes) is 2. The fraction of sp³-hybridized carbons (Fsp3) is 0.467. The molecule has 2 aromatic rings. The van der Waals surface area contributed by atoms with E-state index in [4.69, 9.17) is 5.11 Å². The van der Waals surface area contributed by atoms with Crippen LogP contribution in [0.4, 0.5) is 0 Å². The van der Waals surface area contributed by atoms with Crippen molar-refractivity contribution in [1.29, 1.82) is 0 Å². The highest BCUT2D eigenvalue weighted by Gasteiger charge is 2.19. The number of thiophene rings is 1. The number of aromatic nitrogens is 2. The number of amides is 1. The average Bonchev–Trinajstić information content (AvgIpc) is 2.85. The van der Waals surface area contributed by atoms with Crippen LogP contribution >= 0.6 is 11.3 Å². The predicted molar refractivity (Wildman–Crippen MR) is 88.1 cm³/mol. The molecule has 0 bridgehead atoms. The van der Waals surface area contributed by atoms with Crippen molar-refractivity contribution in [3.05, 3.63) is 27.1 Å². The van der Waals surface area contributed by atoms with Gasteiger partial charge in [0, 0.05) is 6.54 Å². The molecular formula is C15H19N3O4S. The maximum Gasteiger partial charge on any atom is 0.322 e. The number of aryl methyl sites for hydroxylation is 2. The number of carbonyl (C=O) groups is 2. The molecule has 2 aromatic heterocycles. The molecule has 8 heteroatoms. The van der Waals surface area contributed by atoms with Gasteiger partial charge in [-0.3, -0.25) is 19.0 Å². The monoisotopic (exact) mass is 337 g/mol. The van der Waals surface area contributed by atoms with E-state index in [-0.39, 0.29) is 5.56 Å². The van der Waals surface area contributed by atoms with E-state index in [1.807, 2.05) is 0 Å². The summed E-state index contributed by atoms with van der Waals surface area (Å²) in [4.78, 5) is 40.2. The molecule has 0 aliphatic carbocycles. The van der Waals surface area contributed by atoms with Crippen LogP contribution in [0.2, 0.25) is 0 Å². The molecule has 0 saturated heterocycles. The third-order valence-corrected chi connectivity index (χ3v) is 4.72. The van der Waals surface area contributed by atoms with Crippen molar-refractivity contribution in [2.24, 2.45) is 0 Å². The number of nitrogens with zero attached hydrogens (tertiary/aromatic N) is 2. The third-order valence-electron chi connectivity index (χ3n) is 3.53. The lowest BCUT2D eigenvalue weighted by molar-refractivity contribution is -0.135. The van der Waals surface area contributed by atoms with E-state index in [0.29, 0.717) is 27.2 Å². The number of aliphatic carboxylic acids is 1. The highest BCUT2D eigenvalue weighted by Crippen LogP contribution is 2.26. The van der Waals surface area contributed by atoms with E-state index in [9.17, 15) is 14.4 Å². The summed E-state index contributed by atoms with van der Waals surface area (Å²) in [6, 6.07) is 0. The lowest BCUT2D eigenvalue weighted by atomic mass is 10.2. The molecule has 0 atom stereocenters. The van der Waals surface area contributed by atoms with E-state index in [1.54, 1.807) is 11.5 Å². The van der Waals surface area contributed by atoms with E-state index in [1.165, 1.54) is 6.33 Å². The second kappa shape index (κ2) is 7.36. The average molecular weight is 337 g/mol. The lowest BCUT2D eigenvalue weighted by Crippen LogP contribution is -2.29. The van der Waals surface area contributed by atoms with Gasteiger partial charge in [-0.1, -0.05) is 19.8 Å². The predicted octanol–water partition coefficient (Wildman–Crippen LogP) is 1.77. The number of nitrogens with one attached hydrogen (secondary N) is 1. The Bertz CT molecular complexity index is 794. The quantitative estimate of drug-likeness (QED) is 0.750. The number of carboxylic acid groups (broad SMARTS) is 1. The van der Waals surface area contributed by atoms with Gasteiger partial charge in [0.25, 0.3) is 11.5 Å². The Morgan fingerprint density at radius 1 is 1.39 bits per heavy atom. The van der Waals surface area contributed by atoms with Crippen LogP contribution in [0.25, 0.3) is 10.2 Å². The van der Waals surface area contributed by atoms with Crippen molar-refractivity contribution in [2.75, 3.05) is 6.54 Å². The van der Waals surface area contributed by atoms with Gasteiger partial charge in [-0.15, -0.1) is 11.3 Å². The fourth-order valence-electron chi connectivity index (χ4n) is 2.30. The summed E-state index contributed by atoms with van der Waals surface area (Å²) in [6.45, 7) is 3.93. The smallest absolute Gasteiger partial charge is 0.322 e. The molecule has 0 fully saturated rings. The third kappa shape index (κ3) is 3.76. The molecular weight excluding hydrogens is 318 g/mol. The highest BCUT2D eigenvalue weighted by molar-refractivity contribution is 7.20. The van der Waals surface area contributed by atoms with Gasteiger partial charge < -0.3 is 10.4 Å². The first kappa shape index (κ1) is 17.1. The summed E-state index contributed by atoms with van der Waals surface area (Å²) in [5, 5.41) is 11.4. The Hall–Kier alpha value is -2.22. The number of fused-ring (bicyclic) bond motifs is 1. The number of hydrogen-bond donors (Lipinski definition) is 2. The summed E-state index contributed by atoms with van der Waals surface area (Å²) in [6.07, 6.45) is 4.51. The topological polar surface area (TPSA) is 101 Å². The molecule has 0 aromatic carbocycles. The fourth-order valence-corrected chi connectivity index (χ4v) is 3.36. The Morgan fingerprint density at radius 3 is 2.78 bits per heavy atom. The number of hydrogen-bond acceptors (Lipinski definition) is 5.